The molecule has 2 heteroatoms. The van der Waals surface area contributed by atoms with Crippen molar-refractivity contribution in [2.75, 3.05) is 5.32 Å². The fraction of sp³-hybridized carbons (Fsp3) is 0.333. The Balaban J connectivity index is 1.56. The van der Waals surface area contributed by atoms with Crippen LogP contribution in [0.2, 0.25) is 0 Å². The number of benzene rings is 2. The van der Waals surface area contributed by atoms with Crippen molar-refractivity contribution < 1.29 is 5.11 Å². The molecule has 0 saturated heterocycles. The van der Waals surface area contributed by atoms with Crippen LogP contribution in [0.1, 0.15) is 35.4 Å². The molecule has 2 aromatic rings. The molecule has 3 rings (SSSR count). The third-order valence-electron chi connectivity index (χ3n) is 4.27. The Kier molecular flexibility index (Phi) is 3.75. The topological polar surface area (TPSA) is 32.3 Å². The molecule has 0 atom stereocenters. The largest absolute Gasteiger partial charge is 0.392 e. The van der Waals surface area contributed by atoms with Crippen molar-refractivity contribution in [2.24, 2.45) is 0 Å². The van der Waals surface area contributed by atoms with E-state index in [1.54, 1.807) is 0 Å². The van der Waals surface area contributed by atoms with E-state index in [1.165, 1.54) is 24.0 Å². The average Bonchev–Trinajstić information content (AvgIpc) is 2.44. The third kappa shape index (κ3) is 2.70. The van der Waals surface area contributed by atoms with Gasteiger partial charge in [-0.25, -0.2) is 0 Å². The summed E-state index contributed by atoms with van der Waals surface area (Å²) in [6.45, 7) is 2.31. The van der Waals surface area contributed by atoms with Gasteiger partial charge >= 0.3 is 0 Å². The van der Waals surface area contributed by atoms with Crippen molar-refractivity contribution in [3.05, 3.63) is 65.2 Å². The van der Waals surface area contributed by atoms with Crippen LogP contribution in [0.15, 0.2) is 48.5 Å². The molecule has 1 aliphatic carbocycles. The normalized spacial score (nSPS) is 21.3. The number of aryl methyl sites for hydroxylation is 1. The Bertz CT molecular complexity index is 570. The van der Waals surface area contributed by atoms with E-state index >= 15 is 0 Å². The first-order valence-electron chi connectivity index (χ1n) is 7.28. The lowest BCUT2D eigenvalue weighted by molar-refractivity contribution is 0.282. The van der Waals surface area contributed by atoms with Crippen LogP contribution in [0.25, 0.3) is 0 Å². The van der Waals surface area contributed by atoms with Crippen LogP contribution >= 0.6 is 0 Å². The van der Waals surface area contributed by atoms with Crippen LogP contribution in [0, 0.1) is 6.92 Å². The molecule has 1 saturated carbocycles. The van der Waals surface area contributed by atoms with Gasteiger partial charge in [0.2, 0.25) is 0 Å². The predicted molar refractivity (Wildman–Crippen MR) is 82.9 cm³/mol. The van der Waals surface area contributed by atoms with E-state index in [1.807, 2.05) is 24.3 Å². The van der Waals surface area contributed by atoms with Gasteiger partial charge in [-0.3, -0.25) is 0 Å². The van der Waals surface area contributed by atoms with E-state index < -0.39 is 0 Å². The summed E-state index contributed by atoms with van der Waals surface area (Å²) >= 11 is 0. The van der Waals surface area contributed by atoms with Gasteiger partial charge in [-0.1, -0.05) is 36.4 Å². The van der Waals surface area contributed by atoms with Crippen LogP contribution in [0.4, 0.5) is 5.69 Å². The van der Waals surface area contributed by atoms with Crippen molar-refractivity contribution in [1.29, 1.82) is 0 Å². The van der Waals surface area contributed by atoms with Gasteiger partial charge in [-0.2, -0.15) is 0 Å². The number of hydrogen-bond acceptors (Lipinski definition) is 2. The molecule has 2 aromatic carbocycles. The summed E-state index contributed by atoms with van der Waals surface area (Å²) in [5.74, 6) is 0.699. The minimum atomic E-state index is 0.110. The van der Waals surface area contributed by atoms with Gasteiger partial charge < -0.3 is 10.4 Å². The molecule has 2 nitrogen and oxygen atoms in total. The summed E-state index contributed by atoms with van der Waals surface area (Å²) in [5, 5.41) is 12.6. The van der Waals surface area contributed by atoms with Crippen LogP contribution in [-0.2, 0) is 6.61 Å². The molecular formula is C18H21NO. The molecule has 0 spiro atoms. The van der Waals surface area contributed by atoms with Crippen LogP contribution in [0.5, 0.6) is 0 Å². The summed E-state index contributed by atoms with van der Waals surface area (Å²) in [4.78, 5) is 0. The number of nitrogens with one attached hydrogen (secondary N) is 1. The maximum absolute atomic E-state index is 9.03. The summed E-state index contributed by atoms with van der Waals surface area (Å²) < 4.78 is 0. The Morgan fingerprint density at radius 3 is 2.40 bits per heavy atom. The summed E-state index contributed by atoms with van der Waals surface area (Å²) in [7, 11) is 0. The molecular weight excluding hydrogens is 246 g/mol. The molecule has 1 fully saturated rings. The molecule has 2 N–H and O–H groups in total. The zero-order valence-corrected chi connectivity index (χ0v) is 11.8. The highest BCUT2D eigenvalue weighted by atomic mass is 16.3. The average molecular weight is 267 g/mol. The Labute approximate surface area is 120 Å². The number of aliphatic hydroxyl groups is 1. The van der Waals surface area contributed by atoms with Crippen molar-refractivity contribution in [2.45, 2.75) is 38.3 Å². The van der Waals surface area contributed by atoms with Crippen molar-refractivity contribution in [3.63, 3.8) is 0 Å². The summed E-state index contributed by atoms with van der Waals surface area (Å²) in [6, 6.07) is 17.3. The zero-order valence-electron chi connectivity index (χ0n) is 11.8. The Morgan fingerprint density at radius 1 is 1.05 bits per heavy atom. The first kappa shape index (κ1) is 13.2. The number of anilines is 1. The second-order valence-corrected chi connectivity index (χ2v) is 5.72. The second-order valence-electron chi connectivity index (χ2n) is 5.72. The third-order valence-corrected chi connectivity index (χ3v) is 4.27. The van der Waals surface area contributed by atoms with Gasteiger partial charge in [-0.15, -0.1) is 0 Å². The molecule has 0 radical (unpaired) electrons. The molecule has 1 aliphatic rings. The summed E-state index contributed by atoms with van der Waals surface area (Å²) in [5.41, 5.74) is 5.02. The van der Waals surface area contributed by atoms with Gasteiger partial charge in [0.1, 0.15) is 0 Å². The number of aliphatic hydroxyl groups excluding tert-OH is 1. The lowest BCUT2D eigenvalue weighted by atomic mass is 9.74. The van der Waals surface area contributed by atoms with Crippen molar-refractivity contribution >= 4 is 5.69 Å². The van der Waals surface area contributed by atoms with Gasteiger partial charge in [0, 0.05) is 11.7 Å². The van der Waals surface area contributed by atoms with E-state index in [-0.39, 0.29) is 6.61 Å². The standard InChI is InChI=1S/C18H21NO/c1-13-4-2-3-5-18(13)15-10-17(11-15)19-16-8-6-14(12-20)7-9-16/h2-9,15,17,19-20H,10-12H2,1H3. The quantitative estimate of drug-likeness (QED) is 0.882. The molecule has 20 heavy (non-hydrogen) atoms. The fourth-order valence-electron chi connectivity index (χ4n) is 2.98. The van der Waals surface area contributed by atoms with Gasteiger partial charge in [-0.05, 0) is 54.5 Å². The molecule has 0 heterocycles. The Morgan fingerprint density at radius 2 is 1.75 bits per heavy atom. The minimum absolute atomic E-state index is 0.110. The van der Waals surface area contributed by atoms with Crippen LogP contribution < -0.4 is 5.32 Å². The number of rotatable bonds is 4. The molecule has 0 aliphatic heterocycles. The lowest BCUT2D eigenvalue weighted by Gasteiger charge is -2.37. The predicted octanol–water partition coefficient (Wildman–Crippen LogP) is 3.85. The van der Waals surface area contributed by atoms with Gasteiger partial charge in [0.25, 0.3) is 0 Å². The van der Waals surface area contributed by atoms with Crippen LogP contribution in [0.3, 0.4) is 0 Å². The first-order valence-corrected chi connectivity index (χ1v) is 7.28. The first-order chi connectivity index (χ1) is 9.76. The monoisotopic (exact) mass is 267 g/mol. The highest BCUT2D eigenvalue weighted by Gasteiger charge is 2.30. The molecule has 0 bridgehead atoms. The van der Waals surface area contributed by atoms with Crippen molar-refractivity contribution in [3.8, 4) is 0 Å². The van der Waals surface area contributed by atoms with E-state index in [9.17, 15) is 0 Å². The zero-order chi connectivity index (χ0) is 13.9. The van der Waals surface area contributed by atoms with E-state index in [2.05, 4.69) is 36.5 Å². The summed E-state index contributed by atoms with van der Waals surface area (Å²) in [6.07, 6.45) is 2.40. The Hall–Kier alpha value is -1.80. The fourth-order valence-corrected chi connectivity index (χ4v) is 2.98. The molecule has 0 amide bonds. The van der Waals surface area contributed by atoms with Crippen LogP contribution in [-0.4, -0.2) is 11.1 Å². The van der Waals surface area contributed by atoms with Crippen molar-refractivity contribution in [1.82, 2.24) is 0 Å². The number of hydrogen-bond donors (Lipinski definition) is 2. The molecule has 0 aromatic heterocycles. The van der Waals surface area contributed by atoms with E-state index in [0.717, 1.165) is 11.3 Å². The minimum Gasteiger partial charge on any atom is -0.392 e. The van der Waals surface area contributed by atoms with Gasteiger partial charge in [0.05, 0.1) is 6.61 Å². The molecule has 104 valence electrons. The van der Waals surface area contributed by atoms with E-state index in [0.29, 0.717) is 12.0 Å². The maximum Gasteiger partial charge on any atom is 0.0681 e. The highest BCUT2D eigenvalue weighted by molar-refractivity contribution is 5.46. The lowest BCUT2D eigenvalue weighted by Crippen LogP contribution is -2.34. The van der Waals surface area contributed by atoms with Gasteiger partial charge in [0.15, 0.2) is 0 Å². The smallest absolute Gasteiger partial charge is 0.0681 e. The van der Waals surface area contributed by atoms with E-state index in [4.69, 9.17) is 5.11 Å². The highest BCUT2D eigenvalue weighted by Crippen LogP contribution is 2.39. The SMILES string of the molecule is Cc1ccccc1C1CC(Nc2ccc(CO)cc2)C1. The molecule has 0 unspecified atom stereocenters. The second kappa shape index (κ2) is 5.68. The maximum atomic E-state index is 9.03.